The minimum Gasteiger partial charge on any atom is -0.481 e. The van der Waals surface area contributed by atoms with E-state index >= 15 is 0 Å². The quantitative estimate of drug-likeness (QED) is 0.798. The van der Waals surface area contributed by atoms with Crippen molar-refractivity contribution in [1.29, 1.82) is 0 Å². The van der Waals surface area contributed by atoms with E-state index < -0.39 is 11.4 Å². The molecule has 1 aliphatic rings. The summed E-state index contributed by atoms with van der Waals surface area (Å²) in [6.45, 7) is 2.13. The van der Waals surface area contributed by atoms with Gasteiger partial charge in [0.25, 0.3) is 0 Å². The Kier molecular flexibility index (Phi) is 3.24. The van der Waals surface area contributed by atoms with Gasteiger partial charge < -0.3 is 5.11 Å². The SMILES string of the molecule is CCSc1ccc(CC2(C(=O)O)CC2)cc1. The minimum absolute atomic E-state index is 0.445. The highest BCUT2D eigenvalue weighted by Crippen LogP contribution is 2.48. The van der Waals surface area contributed by atoms with Crippen LogP contribution in [0.5, 0.6) is 0 Å². The molecule has 2 rings (SSSR count). The summed E-state index contributed by atoms with van der Waals surface area (Å²) in [5.41, 5.74) is 0.694. The lowest BCUT2D eigenvalue weighted by molar-refractivity contribution is -0.143. The molecule has 1 aromatic carbocycles. The van der Waals surface area contributed by atoms with Crippen molar-refractivity contribution < 1.29 is 9.90 Å². The van der Waals surface area contributed by atoms with Crippen LogP contribution in [0.2, 0.25) is 0 Å². The van der Waals surface area contributed by atoms with Crippen LogP contribution in [0.1, 0.15) is 25.3 Å². The Hall–Kier alpha value is -0.960. The van der Waals surface area contributed by atoms with Crippen LogP contribution >= 0.6 is 11.8 Å². The zero-order valence-corrected chi connectivity index (χ0v) is 10.2. The fourth-order valence-corrected chi connectivity index (χ4v) is 2.54. The molecular formula is C13H16O2S. The molecule has 0 amide bonds. The molecule has 0 heterocycles. The van der Waals surface area contributed by atoms with E-state index in [9.17, 15) is 4.79 Å². The molecule has 0 aromatic heterocycles. The first kappa shape index (κ1) is 11.5. The molecule has 1 fully saturated rings. The number of rotatable bonds is 5. The number of carboxylic acids is 1. The Morgan fingerprint density at radius 1 is 1.38 bits per heavy atom. The molecule has 16 heavy (non-hydrogen) atoms. The van der Waals surface area contributed by atoms with Crippen LogP contribution in [0.25, 0.3) is 0 Å². The van der Waals surface area contributed by atoms with Gasteiger partial charge in [0, 0.05) is 4.90 Å². The van der Waals surface area contributed by atoms with Crippen molar-refractivity contribution in [3.05, 3.63) is 29.8 Å². The maximum absolute atomic E-state index is 11.1. The molecule has 86 valence electrons. The third kappa shape index (κ3) is 2.40. The summed E-state index contributed by atoms with van der Waals surface area (Å²) in [5.74, 6) is 0.429. The molecule has 1 saturated carbocycles. The van der Waals surface area contributed by atoms with E-state index in [1.165, 1.54) is 4.90 Å². The number of hydrogen-bond acceptors (Lipinski definition) is 2. The number of carbonyl (C=O) groups is 1. The molecule has 1 N–H and O–H groups in total. The summed E-state index contributed by atoms with van der Waals surface area (Å²) in [6, 6.07) is 8.28. The fraction of sp³-hybridized carbons (Fsp3) is 0.462. The van der Waals surface area contributed by atoms with Gasteiger partial charge >= 0.3 is 5.97 Å². The van der Waals surface area contributed by atoms with Gasteiger partial charge in [0.05, 0.1) is 5.41 Å². The van der Waals surface area contributed by atoms with Gasteiger partial charge in [-0.15, -0.1) is 11.8 Å². The van der Waals surface area contributed by atoms with E-state index in [0.717, 1.165) is 24.2 Å². The average molecular weight is 236 g/mol. The second-order valence-electron chi connectivity index (χ2n) is 4.34. The zero-order valence-electron chi connectivity index (χ0n) is 9.40. The van der Waals surface area contributed by atoms with E-state index in [-0.39, 0.29) is 0 Å². The Morgan fingerprint density at radius 2 is 2.00 bits per heavy atom. The maximum Gasteiger partial charge on any atom is 0.309 e. The van der Waals surface area contributed by atoms with Crippen LogP contribution in [0.3, 0.4) is 0 Å². The smallest absolute Gasteiger partial charge is 0.309 e. The van der Waals surface area contributed by atoms with Crippen LogP contribution in [-0.2, 0) is 11.2 Å². The summed E-state index contributed by atoms with van der Waals surface area (Å²) in [5, 5.41) is 9.10. The van der Waals surface area contributed by atoms with Crippen molar-refractivity contribution in [2.75, 3.05) is 5.75 Å². The molecule has 3 heteroatoms. The summed E-state index contributed by atoms with van der Waals surface area (Å²) >= 11 is 1.81. The van der Waals surface area contributed by atoms with Crippen LogP contribution in [-0.4, -0.2) is 16.8 Å². The van der Waals surface area contributed by atoms with Gasteiger partial charge in [0.15, 0.2) is 0 Å². The predicted molar refractivity (Wildman–Crippen MR) is 65.8 cm³/mol. The average Bonchev–Trinajstić information content (AvgIpc) is 3.03. The third-order valence-corrected chi connectivity index (χ3v) is 3.98. The molecule has 1 aliphatic carbocycles. The number of aliphatic carboxylic acids is 1. The predicted octanol–water partition coefficient (Wildman–Crippen LogP) is 3.21. The highest BCUT2D eigenvalue weighted by Gasteiger charge is 2.49. The third-order valence-electron chi connectivity index (χ3n) is 3.08. The van der Waals surface area contributed by atoms with Gasteiger partial charge in [-0.25, -0.2) is 0 Å². The fourth-order valence-electron chi connectivity index (χ4n) is 1.88. The van der Waals surface area contributed by atoms with Crippen molar-refractivity contribution in [1.82, 2.24) is 0 Å². The highest BCUT2D eigenvalue weighted by molar-refractivity contribution is 7.99. The van der Waals surface area contributed by atoms with E-state index in [4.69, 9.17) is 5.11 Å². The number of hydrogen-bond donors (Lipinski definition) is 1. The monoisotopic (exact) mass is 236 g/mol. The second-order valence-corrected chi connectivity index (χ2v) is 5.68. The van der Waals surface area contributed by atoms with Gasteiger partial charge in [-0.1, -0.05) is 19.1 Å². The normalized spacial score (nSPS) is 17.1. The van der Waals surface area contributed by atoms with E-state index in [1.54, 1.807) is 0 Å². The van der Waals surface area contributed by atoms with Crippen molar-refractivity contribution in [2.45, 2.75) is 31.1 Å². The number of carboxylic acid groups (broad SMARTS) is 1. The molecule has 0 atom stereocenters. The van der Waals surface area contributed by atoms with Gasteiger partial charge in [-0.05, 0) is 42.7 Å². The zero-order chi connectivity index (χ0) is 11.6. The first-order valence-electron chi connectivity index (χ1n) is 5.61. The lowest BCUT2D eigenvalue weighted by atomic mass is 9.97. The van der Waals surface area contributed by atoms with E-state index in [0.29, 0.717) is 6.42 Å². The molecule has 0 bridgehead atoms. The lowest BCUT2D eigenvalue weighted by Gasteiger charge is -2.09. The number of thioether (sulfide) groups is 1. The lowest BCUT2D eigenvalue weighted by Crippen LogP contribution is -2.17. The number of benzene rings is 1. The highest BCUT2D eigenvalue weighted by atomic mass is 32.2. The molecule has 1 aromatic rings. The minimum atomic E-state index is -0.639. The molecular weight excluding hydrogens is 220 g/mol. The molecule has 0 spiro atoms. The summed E-state index contributed by atoms with van der Waals surface area (Å²) in [4.78, 5) is 12.3. The van der Waals surface area contributed by atoms with Crippen LogP contribution < -0.4 is 0 Å². The van der Waals surface area contributed by atoms with Crippen molar-refractivity contribution >= 4 is 17.7 Å². The van der Waals surface area contributed by atoms with Crippen LogP contribution in [0.15, 0.2) is 29.2 Å². The Balaban J connectivity index is 2.03. The largest absolute Gasteiger partial charge is 0.481 e. The molecule has 2 nitrogen and oxygen atoms in total. The van der Waals surface area contributed by atoms with E-state index in [1.807, 2.05) is 11.8 Å². The molecule has 0 unspecified atom stereocenters. The van der Waals surface area contributed by atoms with Crippen LogP contribution in [0, 0.1) is 5.41 Å². The van der Waals surface area contributed by atoms with Gasteiger partial charge in [-0.2, -0.15) is 0 Å². The maximum atomic E-state index is 11.1. The standard InChI is InChI=1S/C13H16O2S/c1-2-16-11-5-3-10(4-6-11)9-13(7-8-13)12(14)15/h3-6H,2,7-9H2,1H3,(H,14,15). The van der Waals surface area contributed by atoms with Crippen molar-refractivity contribution in [3.8, 4) is 0 Å². The summed E-state index contributed by atoms with van der Waals surface area (Å²) < 4.78 is 0. The van der Waals surface area contributed by atoms with Crippen molar-refractivity contribution in [2.24, 2.45) is 5.41 Å². The van der Waals surface area contributed by atoms with E-state index in [2.05, 4.69) is 31.2 Å². The second kappa shape index (κ2) is 4.50. The van der Waals surface area contributed by atoms with Crippen LogP contribution in [0.4, 0.5) is 0 Å². The topological polar surface area (TPSA) is 37.3 Å². The first-order valence-corrected chi connectivity index (χ1v) is 6.60. The Labute approximate surface area is 100 Å². The molecule has 0 radical (unpaired) electrons. The first-order chi connectivity index (χ1) is 7.66. The molecule has 0 saturated heterocycles. The Morgan fingerprint density at radius 3 is 2.44 bits per heavy atom. The van der Waals surface area contributed by atoms with Gasteiger partial charge in [0.1, 0.15) is 0 Å². The van der Waals surface area contributed by atoms with Crippen molar-refractivity contribution in [3.63, 3.8) is 0 Å². The molecule has 0 aliphatic heterocycles. The van der Waals surface area contributed by atoms with Gasteiger partial charge in [-0.3, -0.25) is 4.79 Å². The summed E-state index contributed by atoms with van der Waals surface area (Å²) in [6.07, 6.45) is 2.33. The van der Waals surface area contributed by atoms with Gasteiger partial charge in [0.2, 0.25) is 0 Å². The summed E-state index contributed by atoms with van der Waals surface area (Å²) in [7, 11) is 0. The Bertz CT molecular complexity index is 379.